The number of rotatable bonds is 8. The Morgan fingerprint density at radius 3 is 2.54 bits per heavy atom. The molecule has 1 saturated carbocycles. The number of benzene rings is 2. The van der Waals surface area contributed by atoms with Crippen LogP contribution in [-0.2, 0) is 17.8 Å². The first-order valence-electron chi connectivity index (χ1n) is 9.61. The minimum atomic E-state index is 0.157. The molecule has 1 aromatic heterocycles. The zero-order chi connectivity index (χ0) is 19.3. The average molecular weight is 396 g/mol. The first kappa shape index (κ1) is 18.7. The molecule has 3 aromatic rings. The van der Waals surface area contributed by atoms with E-state index in [-0.39, 0.29) is 5.91 Å². The van der Waals surface area contributed by atoms with Crippen LogP contribution < -0.4 is 0 Å². The largest absolute Gasteiger partial charge is 0.419 e. The lowest BCUT2D eigenvalue weighted by atomic mass is 10.1. The van der Waals surface area contributed by atoms with E-state index in [4.69, 9.17) is 16.0 Å². The molecule has 0 bridgehead atoms. The maximum absolute atomic E-state index is 12.8. The lowest BCUT2D eigenvalue weighted by molar-refractivity contribution is -0.132. The second-order valence-electron chi connectivity index (χ2n) is 7.10. The molecule has 0 radical (unpaired) electrons. The van der Waals surface area contributed by atoms with Crippen molar-refractivity contribution in [3.63, 3.8) is 0 Å². The Hall–Kier alpha value is -2.66. The Labute approximate surface area is 169 Å². The van der Waals surface area contributed by atoms with Crippen LogP contribution in [0.3, 0.4) is 0 Å². The van der Waals surface area contributed by atoms with Crippen LogP contribution in [0.15, 0.2) is 59.0 Å². The summed E-state index contributed by atoms with van der Waals surface area (Å²) >= 11 is 5.92. The van der Waals surface area contributed by atoms with Gasteiger partial charge in [0.1, 0.15) is 0 Å². The van der Waals surface area contributed by atoms with E-state index in [1.807, 2.05) is 35.2 Å². The van der Waals surface area contributed by atoms with Crippen LogP contribution in [0.1, 0.15) is 37.1 Å². The third-order valence-electron chi connectivity index (χ3n) is 4.87. The zero-order valence-electron chi connectivity index (χ0n) is 15.6. The first-order chi connectivity index (χ1) is 13.7. The van der Waals surface area contributed by atoms with E-state index in [9.17, 15) is 4.79 Å². The number of halogens is 1. The summed E-state index contributed by atoms with van der Waals surface area (Å²) in [4.78, 5) is 14.6. The monoisotopic (exact) mass is 395 g/mol. The zero-order valence-corrected chi connectivity index (χ0v) is 16.3. The molecule has 0 spiro atoms. The molecule has 1 heterocycles. The molecule has 0 aliphatic heterocycles. The second kappa shape index (κ2) is 8.57. The molecule has 1 amide bonds. The molecule has 28 heavy (non-hydrogen) atoms. The number of carbonyl (C=O) groups excluding carboxylic acids is 1. The molecular weight excluding hydrogens is 374 g/mol. The third-order valence-corrected chi connectivity index (χ3v) is 5.12. The normalized spacial score (nSPS) is 13.5. The van der Waals surface area contributed by atoms with Gasteiger partial charge in [0.05, 0.1) is 6.54 Å². The second-order valence-corrected chi connectivity index (χ2v) is 7.54. The predicted molar refractivity (Wildman–Crippen MR) is 108 cm³/mol. The summed E-state index contributed by atoms with van der Waals surface area (Å²) in [5, 5.41) is 8.90. The lowest BCUT2D eigenvalue weighted by Gasteiger charge is -2.20. The van der Waals surface area contributed by atoms with E-state index in [1.54, 1.807) is 12.1 Å². The van der Waals surface area contributed by atoms with Gasteiger partial charge in [-0.3, -0.25) is 4.79 Å². The van der Waals surface area contributed by atoms with Crippen molar-refractivity contribution in [2.24, 2.45) is 0 Å². The molecule has 1 aliphatic carbocycles. The van der Waals surface area contributed by atoms with E-state index in [0.717, 1.165) is 31.2 Å². The topological polar surface area (TPSA) is 59.2 Å². The number of hydrogen-bond donors (Lipinski definition) is 0. The number of nitrogens with zero attached hydrogens (tertiary/aromatic N) is 3. The maximum Gasteiger partial charge on any atom is 0.247 e. The van der Waals surface area contributed by atoms with Gasteiger partial charge in [-0.15, -0.1) is 10.2 Å². The Bertz CT molecular complexity index is 920. The molecule has 1 aliphatic rings. The highest BCUT2D eigenvalue weighted by Gasteiger charge is 2.33. The number of amides is 1. The highest BCUT2D eigenvalue weighted by Crippen LogP contribution is 2.30. The predicted octanol–water partition coefficient (Wildman–Crippen LogP) is 4.90. The van der Waals surface area contributed by atoms with E-state index in [2.05, 4.69) is 22.3 Å². The molecule has 0 unspecified atom stereocenters. The van der Waals surface area contributed by atoms with Crippen molar-refractivity contribution >= 4 is 17.5 Å². The van der Waals surface area contributed by atoms with Crippen molar-refractivity contribution in [1.29, 1.82) is 0 Å². The number of aryl methyl sites for hydroxylation is 1. The molecule has 5 nitrogen and oxygen atoms in total. The fraction of sp³-hybridized carbons (Fsp3) is 0.318. The maximum atomic E-state index is 12.8. The van der Waals surface area contributed by atoms with Crippen LogP contribution >= 0.6 is 11.6 Å². The Morgan fingerprint density at radius 1 is 1.07 bits per heavy atom. The van der Waals surface area contributed by atoms with Crippen molar-refractivity contribution < 1.29 is 9.21 Å². The van der Waals surface area contributed by atoms with E-state index in [1.165, 1.54) is 5.56 Å². The minimum absolute atomic E-state index is 0.157. The van der Waals surface area contributed by atoms with Gasteiger partial charge in [-0.25, -0.2) is 0 Å². The molecule has 144 valence electrons. The Balaban J connectivity index is 1.36. The van der Waals surface area contributed by atoms with Crippen LogP contribution in [0.25, 0.3) is 11.5 Å². The fourth-order valence-electron chi connectivity index (χ4n) is 3.21. The van der Waals surface area contributed by atoms with E-state index >= 15 is 0 Å². The van der Waals surface area contributed by atoms with Crippen LogP contribution in [0.5, 0.6) is 0 Å². The van der Waals surface area contributed by atoms with Gasteiger partial charge in [-0.2, -0.15) is 0 Å². The molecule has 6 heteroatoms. The van der Waals surface area contributed by atoms with E-state index in [0.29, 0.717) is 35.8 Å². The van der Waals surface area contributed by atoms with Crippen molar-refractivity contribution in [1.82, 2.24) is 15.1 Å². The van der Waals surface area contributed by atoms with Gasteiger partial charge in [0.25, 0.3) is 0 Å². The SMILES string of the molecule is O=C(CCCc1ccccc1)N(Cc1nnc(-c2ccc(Cl)cc2)o1)C1CC1. The number of hydrogen-bond acceptors (Lipinski definition) is 4. The van der Waals surface area contributed by atoms with Gasteiger partial charge in [-0.05, 0) is 55.5 Å². The molecule has 2 aromatic carbocycles. The van der Waals surface area contributed by atoms with Crippen molar-refractivity contribution in [2.75, 3.05) is 0 Å². The van der Waals surface area contributed by atoms with Gasteiger partial charge in [0.2, 0.25) is 17.7 Å². The summed E-state index contributed by atoms with van der Waals surface area (Å²) in [5.74, 6) is 1.07. The standard InChI is InChI=1S/C22H22ClN3O2/c23-18-11-9-17(10-12-18)22-25-24-20(28-22)15-26(19-13-14-19)21(27)8-4-7-16-5-2-1-3-6-16/h1-3,5-6,9-12,19H,4,7-8,13-15H2. The molecule has 0 N–H and O–H groups in total. The molecule has 0 atom stereocenters. The average Bonchev–Trinajstić information content (AvgIpc) is 3.45. The van der Waals surface area contributed by atoms with Gasteiger partial charge < -0.3 is 9.32 Å². The number of aromatic nitrogens is 2. The van der Waals surface area contributed by atoms with Gasteiger partial charge in [0, 0.05) is 23.0 Å². The quantitative estimate of drug-likeness (QED) is 0.544. The van der Waals surface area contributed by atoms with E-state index < -0.39 is 0 Å². The third kappa shape index (κ3) is 4.78. The van der Waals surface area contributed by atoms with Gasteiger partial charge in [-0.1, -0.05) is 41.9 Å². The Morgan fingerprint density at radius 2 is 1.82 bits per heavy atom. The highest BCUT2D eigenvalue weighted by atomic mass is 35.5. The highest BCUT2D eigenvalue weighted by molar-refractivity contribution is 6.30. The van der Waals surface area contributed by atoms with Crippen molar-refractivity contribution in [2.45, 2.75) is 44.7 Å². The van der Waals surface area contributed by atoms with Crippen LogP contribution in [-0.4, -0.2) is 27.0 Å². The van der Waals surface area contributed by atoms with Gasteiger partial charge in [0.15, 0.2) is 0 Å². The molecule has 0 saturated heterocycles. The molecule has 4 rings (SSSR count). The minimum Gasteiger partial charge on any atom is -0.419 e. The summed E-state index contributed by atoms with van der Waals surface area (Å²) in [7, 11) is 0. The summed E-state index contributed by atoms with van der Waals surface area (Å²) in [6.45, 7) is 0.370. The summed E-state index contributed by atoms with van der Waals surface area (Å²) in [5.41, 5.74) is 2.08. The van der Waals surface area contributed by atoms with Crippen LogP contribution in [0, 0.1) is 0 Å². The van der Waals surface area contributed by atoms with Gasteiger partial charge >= 0.3 is 0 Å². The molecule has 1 fully saturated rings. The first-order valence-corrected chi connectivity index (χ1v) is 9.98. The summed E-state index contributed by atoms with van der Waals surface area (Å²) < 4.78 is 5.78. The Kier molecular flexibility index (Phi) is 5.72. The van der Waals surface area contributed by atoms with Crippen molar-refractivity contribution in [3.8, 4) is 11.5 Å². The number of carbonyl (C=O) groups is 1. The summed E-state index contributed by atoms with van der Waals surface area (Å²) in [6, 6.07) is 17.8. The lowest BCUT2D eigenvalue weighted by Crippen LogP contribution is -2.32. The van der Waals surface area contributed by atoms with Crippen molar-refractivity contribution in [3.05, 3.63) is 71.1 Å². The van der Waals surface area contributed by atoms with Crippen LogP contribution in [0.2, 0.25) is 5.02 Å². The van der Waals surface area contributed by atoms with Crippen LogP contribution in [0.4, 0.5) is 0 Å². The smallest absolute Gasteiger partial charge is 0.247 e. The molecular formula is C22H22ClN3O2. The fourth-order valence-corrected chi connectivity index (χ4v) is 3.34. The summed E-state index contributed by atoms with van der Waals surface area (Å²) in [6.07, 6.45) is 4.37.